The molecule has 0 saturated heterocycles. The van der Waals surface area contributed by atoms with E-state index < -0.39 is 11.6 Å². The number of benzene rings is 1. The fourth-order valence-corrected chi connectivity index (χ4v) is 1.75. The topological polar surface area (TPSA) is 17.8 Å². The van der Waals surface area contributed by atoms with Crippen LogP contribution in [0.4, 0.5) is 8.78 Å². The molecule has 0 saturated carbocycles. The summed E-state index contributed by atoms with van der Waals surface area (Å²) in [5.41, 5.74) is 3.85. The van der Waals surface area contributed by atoms with Crippen molar-refractivity contribution >= 4 is 0 Å². The first-order valence-electron chi connectivity index (χ1n) is 5.43. The molecule has 4 heteroatoms. The molecule has 0 spiro atoms. The minimum Gasteiger partial charge on any atom is -0.265 e. The van der Waals surface area contributed by atoms with Crippen molar-refractivity contribution in [2.24, 2.45) is 0 Å². The summed E-state index contributed by atoms with van der Waals surface area (Å²) in [6, 6.07) is 3.93. The van der Waals surface area contributed by atoms with Crippen molar-refractivity contribution in [3.63, 3.8) is 0 Å². The fraction of sp³-hybridized carbons (Fsp3) is 0.308. The normalized spacial score (nSPS) is 10.9. The first-order valence-corrected chi connectivity index (χ1v) is 5.43. The number of hydrogen-bond donors (Lipinski definition) is 0. The van der Waals surface area contributed by atoms with Gasteiger partial charge < -0.3 is 0 Å². The lowest BCUT2D eigenvalue weighted by molar-refractivity contribution is 0.505. The van der Waals surface area contributed by atoms with Gasteiger partial charge in [-0.1, -0.05) is 6.07 Å². The van der Waals surface area contributed by atoms with E-state index in [1.807, 2.05) is 20.8 Å². The molecule has 0 aliphatic heterocycles. The average molecular weight is 236 g/mol. The maximum absolute atomic E-state index is 13.1. The van der Waals surface area contributed by atoms with E-state index in [2.05, 4.69) is 5.10 Å². The molecule has 17 heavy (non-hydrogen) atoms. The van der Waals surface area contributed by atoms with Crippen molar-refractivity contribution in [2.45, 2.75) is 27.3 Å². The maximum atomic E-state index is 13.1. The smallest absolute Gasteiger partial charge is 0.159 e. The highest BCUT2D eigenvalue weighted by Gasteiger charge is 2.09. The van der Waals surface area contributed by atoms with Crippen LogP contribution in [-0.4, -0.2) is 9.78 Å². The van der Waals surface area contributed by atoms with E-state index in [4.69, 9.17) is 0 Å². The average Bonchev–Trinajstić information content (AvgIpc) is 2.52. The van der Waals surface area contributed by atoms with Gasteiger partial charge in [0.05, 0.1) is 12.2 Å². The first kappa shape index (κ1) is 11.8. The molecule has 1 aromatic carbocycles. The molecule has 0 fully saturated rings. The van der Waals surface area contributed by atoms with E-state index in [-0.39, 0.29) is 0 Å². The molecular formula is C13H14F2N2. The molecule has 2 aromatic rings. The molecule has 2 rings (SSSR count). The van der Waals surface area contributed by atoms with E-state index >= 15 is 0 Å². The van der Waals surface area contributed by atoms with Gasteiger partial charge in [-0.25, -0.2) is 8.78 Å². The van der Waals surface area contributed by atoms with Crippen LogP contribution in [0.3, 0.4) is 0 Å². The van der Waals surface area contributed by atoms with Crippen molar-refractivity contribution in [3.8, 4) is 0 Å². The summed E-state index contributed by atoms with van der Waals surface area (Å²) < 4.78 is 27.7. The quantitative estimate of drug-likeness (QED) is 0.783. The van der Waals surface area contributed by atoms with Crippen LogP contribution in [-0.2, 0) is 6.54 Å². The second-order valence-electron chi connectivity index (χ2n) is 4.20. The Morgan fingerprint density at radius 2 is 1.82 bits per heavy atom. The lowest BCUT2D eigenvalue weighted by atomic mass is 10.2. The monoisotopic (exact) mass is 236 g/mol. The van der Waals surface area contributed by atoms with Crippen LogP contribution in [0.5, 0.6) is 0 Å². The molecule has 0 unspecified atom stereocenters. The summed E-state index contributed by atoms with van der Waals surface area (Å²) >= 11 is 0. The van der Waals surface area contributed by atoms with Crippen molar-refractivity contribution in [3.05, 3.63) is 52.3 Å². The van der Waals surface area contributed by atoms with Crippen LogP contribution >= 0.6 is 0 Å². The van der Waals surface area contributed by atoms with Crippen molar-refractivity contribution in [1.82, 2.24) is 9.78 Å². The zero-order chi connectivity index (χ0) is 12.6. The number of rotatable bonds is 2. The molecule has 0 aliphatic carbocycles. The molecular weight excluding hydrogens is 222 g/mol. The third-order valence-electron chi connectivity index (χ3n) is 3.06. The molecule has 2 nitrogen and oxygen atoms in total. The van der Waals surface area contributed by atoms with Crippen molar-refractivity contribution in [2.75, 3.05) is 0 Å². The predicted octanol–water partition coefficient (Wildman–Crippen LogP) is 3.13. The molecule has 0 bridgehead atoms. The number of aromatic nitrogens is 2. The Balaban J connectivity index is 2.31. The minimum absolute atomic E-state index is 0.456. The molecule has 0 N–H and O–H groups in total. The van der Waals surface area contributed by atoms with Crippen molar-refractivity contribution in [1.29, 1.82) is 0 Å². The SMILES string of the molecule is Cc1nn(Cc2ccc(F)c(F)c2)c(C)c1C. The van der Waals surface area contributed by atoms with Crippen LogP contribution in [0.25, 0.3) is 0 Å². The zero-order valence-electron chi connectivity index (χ0n) is 10.1. The Labute approximate surface area is 98.9 Å². The standard InChI is InChI=1S/C13H14F2N2/c1-8-9(2)16-17(10(8)3)7-11-4-5-12(14)13(15)6-11/h4-6H,7H2,1-3H3. The zero-order valence-corrected chi connectivity index (χ0v) is 10.1. The maximum Gasteiger partial charge on any atom is 0.159 e. The van der Waals surface area contributed by atoms with Gasteiger partial charge in [-0.05, 0) is 44.0 Å². The molecule has 90 valence electrons. The Morgan fingerprint density at radius 3 is 2.35 bits per heavy atom. The van der Waals surface area contributed by atoms with E-state index in [0.717, 1.165) is 23.0 Å². The largest absolute Gasteiger partial charge is 0.265 e. The molecule has 0 amide bonds. The summed E-state index contributed by atoms with van der Waals surface area (Å²) in [5.74, 6) is -1.64. The lowest BCUT2D eigenvalue weighted by Gasteiger charge is -2.05. The number of nitrogens with zero attached hydrogens (tertiary/aromatic N) is 2. The van der Waals surface area contributed by atoms with Gasteiger partial charge in [0.2, 0.25) is 0 Å². The summed E-state index contributed by atoms with van der Waals surface area (Å²) in [6.45, 7) is 6.36. The summed E-state index contributed by atoms with van der Waals surface area (Å²) in [5, 5.41) is 4.36. The number of hydrogen-bond acceptors (Lipinski definition) is 1. The molecule has 0 atom stereocenters. The minimum atomic E-state index is -0.821. The summed E-state index contributed by atoms with van der Waals surface area (Å²) in [7, 11) is 0. The van der Waals surface area contributed by atoms with Crippen LogP contribution in [0.1, 0.15) is 22.5 Å². The molecule has 1 aromatic heterocycles. The Hall–Kier alpha value is -1.71. The Morgan fingerprint density at radius 1 is 1.12 bits per heavy atom. The second-order valence-corrected chi connectivity index (χ2v) is 4.20. The van der Waals surface area contributed by atoms with Gasteiger partial charge in [-0.2, -0.15) is 5.10 Å². The highest BCUT2D eigenvalue weighted by molar-refractivity contribution is 5.24. The molecule has 0 radical (unpaired) electrons. The highest BCUT2D eigenvalue weighted by atomic mass is 19.2. The predicted molar refractivity (Wildman–Crippen MR) is 61.9 cm³/mol. The van der Waals surface area contributed by atoms with Gasteiger partial charge in [0.1, 0.15) is 0 Å². The second kappa shape index (κ2) is 4.28. The van der Waals surface area contributed by atoms with E-state index in [1.54, 1.807) is 10.7 Å². The van der Waals surface area contributed by atoms with Gasteiger partial charge in [0.15, 0.2) is 11.6 Å². The van der Waals surface area contributed by atoms with Gasteiger partial charge in [-0.15, -0.1) is 0 Å². The van der Waals surface area contributed by atoms with Gasteiger partial charge >= 0.3 is 0 Å². The molecule has 1 heterocycles. The number of aryl methyl sites for hydroxylation is 1. The summed E-state index contributed by atoms with van der Waals surface area (Å²) in [4.78, 5) is 0. The van der Waals surface area contributed by atoms with Gasteiger partial charge in [0.25, 0.3) is 0 Å². The Bertz CT molecular complexity index is 559. The Kier molecular flexibility index (Phi) is 2.96. The third kappa shape index (κ3) is 2.20. The fourth-order valence-electron chi connectivity index (χ4n) is 1.75. The third-order valence-corrected chi connectivity index (χ3v) is 3.06. The van der Waals surface area contributed by atoms with Crippen LogP contribution in [0.15, 0.2) is 18.2 Å². The van der Waals surface area contributed by atoms with Crippen LogP contribution in [0.2, 0.25) is 0 Å². The summed E-state index contributed by atoms with van der Waals surface area (Å²) in [6.07, 6.45) is 0. The van der Waals surface area contributed by atoms with Gasteiger partial charge in [0, 0.05) is 5.69 Å². The lowest BCUT2D eigenvalue weighted by Crippen LogP contribution is -2.04. The van der Waals surface area contributed by atoms with E-state index in [0.29, 0.717) is 12.1 Å². The first-order chi connectivity index (χ1) is 7.99. The van der Waals surface area contributed by atoms with Crippen LogP contribution < -0.4 is 0 Å². The van der Waals surface area contributed by atoms with Crippen LogP contribution in [0, 0.1) is 32.4 Å². The number of halogens is 2. The van der Waals surface area contributed by atoms with E-state index in [1.165, 1.54) is 6.07 Å². The highest BCUT2D eigenvalue weighted by Crippen LogP contribution is 2.14. The van der Waals surface area contributed by atoms with Gasteiger partial charge in [-0.3, -0.25) is 4.68 Å². The molecule has 0 aliphatic rings. The van der Waals surface area contributed by atoms with E-state index in [9.17, 15) is 8.78 Å². The van der Waals surface area contributed by atoms with Crippen molar-refractivity contribution < 1.29 is 8.78 Å².